The third-order valence-corrected chi connectivity index (χ3v) is 1.94. The second-order valence-corrected chi connectivity index (χ2v) is 3.19. The summed E-state index contributed by atoms with van der Waals surface area (Å²) in [4.78, 5) is 10.2. The summed E-state index contributed by atoms with van der Waals surface area (Å²) in [7, 11) is 0. The monoisotopic (exact) mass is 229 g/mol. The molecule has 4 heteroatoms. The molecule has 0 saturated heterocycles. The van der Waals surface area contributed by atoms with Crippen LogP contribution < -0.4 is 5.11 Å². The molecule has 0 radical (unpaired) electrons. The van der Waals surface area contributed by atoms with Crippen LogP contribution in [0.2, 0.25) is 0 Å². The van der Waals surface area contributed by atoms with Crippen molar-refractivity contribution in [1.29, 1.82) is 0 Å². The van der Waals surface area contributed by atoms with Crippen molar-refractivity contribution in [3.63, 3.8) is 0 Å². The van der Waals surface area contributed by atoms with Crippen LogP contribution in [0.25, 0.3) is 0 Å². The number of hydrogen-bond acceptors (Lipinski definition) is 3. The molecule has 0 saturated carbocycles. The number of carbonyl (C=O) groups is 1. The molecule has 0 fully saturated rings. The fourth-order valence-electron chi connectivity index (χ4n) is 0.781. The van der Waals surface area contributed by atoms with E-state index >= 15 is 0 Å². The molecule has 0 spiro atoms. The lowest BCUT2D eigenvalue weighted by Gasteiger charge is -2.11. The molecule has 64 valence electrons. The van der Waals surface area contributed by atoms with Crippen LogP contribution in [-0.4, -0.2) is 11.1 Å². The maximum absolute atomic E-state index is 10.2. The van der Waals surface area contributed by atoms with E-state index in [0.717, 1.165) is 4.47 Å². The first-order chi connectivity index (χ1) is 5.61. The third-order valence-electron chi connectivity index (χ3n) is 1.41. The Kier molecular flexibility index (Phi) is 2.83. The fraction of sp³-hybridized carbons (Fsp3) is 0.125. The maximum atomic E-state index is 10.2. The minimum atomic E-state index is -1.54. The van der Waals surface area contributed by atoms with Gasteiger partial charge in [0.2, 0.25) is 0 Å². The predicted octanol–water partition coefficient (Wildman–Crippen LogP) is 0.232. The first kappa shape index (κ1) is 9.22. The van der Waals surface area contributed by atoms with Crippen LogP contribution in [0.3, 0.4) is 0 Å². The van der Waals surface area contributed by atoms with Gasteiger partial charge in [-0.15, -0.1) is 0 Å². The topological polar surface area (TPSA) is 60.4 Å². The molecule has 1 rings (SSSR count). The average Bonchev–Trinajstić information content (AvgIpc) is 2.04. The van der Waals surface area contributed by atoms with E-state index in [1.54, 1.807) is 12.1 Å². The lowest BCUT2D eigenvalue weighted by atomic mass is 10.1. The standard InChI is InChI=1S/C8H7BrO3/c9-6-3-1-5(2-4-6)7(10)8(11)12/h1-4,7,10H,(H,11,12)/p-1/t7-/m0/s1. The number of aliphatic hydroxyl groups is 1. The van der Waals surface area contributed by atoms with Crippen molar-refractivity contribution in [1.82, 2.24) is 0 Å². The third kappa shape index (κ3) is 2.06. The van der Waals surface area contributed by atoms with Gasteiger partial charge in [-0.3, -0.25) is 0 Å². The molecule has 1 N–H and O–H groups in total. The maximum Gasteiger partial charge on any atom is 0.118 e. The van der Waals surface area contributed by atoms with Gasteiger partial charge >= 0.3 is 0 Å². The highest BCUT2D eigenvalue weighted by molar-refractivity contribution is 9.10. The minimum Gasteiger partial charge on any atom is -0.547 e. The van der Waals surface area contributed by atoms with Gasteiger partial charge < -0.3 is 15.0 Å². The van der Waals surface area contributed by atoms with E-state index in [1.807, 2.05) is 0 Å². The van der Waals surface area contributed by atoms with Gasteiger partial charge in [-0.25, -0.2) is 0 Å². The number of halogens is 1. The largest absolute Gasteiger partial charge is 0.547 e. The smallest absolute Gasteiger partial charge is 0.118 e. The zero-order valence-corrected chi connectivity index (χ0v) is 7.61. The molecule has 0 unspecified atom stereocenters. The van der Waals surface area contributed by atoms with E-state index in [0.29, 0.717) is 5.56 Å². The van der Waals surface area contributed by atoms with E-state index < -0.39 is 12.1 Å². The highest BCUT2D eigenvalue weighted by Gasteiger charge is 2.06. The van der Waals surface area contributed by atoms with E-state index in [4.69, 9.17) is 5.11 Å². The highest BCUT2D eigenvalue weighted by Crippen LogP contribution is 2.15. The summed E-state index contributed by atoms with van der Waals surface area (Å²) in [6.07, 6.45) is -1.54. The zero-order valence-electron chi connectivity index (χ0n) is 6.03. The average molecular weight is 230 g/mol. The molecule has 12 heavy (non-hydrogen) atoms. The summed E-state index contributed by atoms with van der Waals surface area (Å²) in [6.45, 7) is 0. The zero-order chi connectivity index (χ0) is 9.14. The lowest BCUT2D eigenvalue weighted by molar-refractivity contribution is -0.315. The van der Waals surface area contributed by atoms with Gasteiger partial charge in [0.15, 0.2) is 0 Å². The Hall–Kier alpha value is -0.870. The Morgan fingerprint density at radius 3 is 2.33 bits per heavy atom. The summed E-state index contributed by atoms with van der Waals surface area (Å²) in [5.41, 5.74) is 0.318. The number of hydrogen-bond donors (Lipinski definition) is 1. The van der Waals surface area contributed by atoms with Gasteiger partial charge in [0.25, 0.3) is 0 Å². The highest BCUT2D eigenvalue weighted by atomic mass is 79.9. The van der Waals surface area contributed by atoms with Gasteiger partial charge in [0, 0.05) is 4.47 Å². The molecule has 0 amide bonds. The summed E-state index contributed by atoms with van der Waals surface area (Å²) >= 11 is 3.19. The van der Waals surface area contributed by atoms with E-state index in [9.17, 15) is 9.90 Å². The van der Waals surface area contributed by atoms with E-state index in [-0.39, 0.29) is 0 Å². The van der Waals surface area contributed by atoms with Crippen molar-refractivity contribution in [2.75, 3.05) is 0 Å². The van der Waals surface area contributed by atoms with Crippen molar-refractivity contribution < 1.29 is 15.0 Å². The predicted molar refractivity (Wildman–Crippen MR) is 44.1 cm³/mol. The second-order valence-electron chi connectivity index (χ2n) is 2.27. The van der Waals surface area contributed by atoms with E-state index in [1.165, 1.54) is 12.1 Å². The molecule has 1 aromatic carbocycles. The molecular formula is C8H6BrO3-. The Labute approximate surface area is 77.8 Å². The normalized spacial score (nSPS) is 12.5. The molecule has 0 aliphatic carbocycles. The van der Waals surface area contributed by atoms with Crippen LogP contribution in [0.1, 0.15) is 11.7 Å². The number of carboxylic acid groups (broad SMARTS) is 1. The van der Waals surface area contributed by atoms with Gasteiger partial charge in [0.1, 0.15) is 6.10 Å². The van der Waals surface area contributed by atoms with Gasteiger partial charge in [-0.05, 0) is 17.7 Å². The molecule has 0 aromatic heterocycles. The second kappa shape index (κ2) is 3.69. The van der Waals surface area contributed by atoms with Gasteiger partial charge in [-0.2, -0.15) is 0 Å². The number of aliphatic carboxylic acids is 1. The Morgan fingerprint density at radius 2 is 1.92 bits per heavy atom. The quantitative estimate of drug-likeness (QED) is 0.791. The summed E-state index contributed by atoms with van der Waals surface area (Å²) in [5.74, 6) is -1.49. The van der Waals surface area contributed by atoms with Crippen LogP contribution >= 0.6 is 15.9 Å². The summed E-state index contributed by atoms with van der Waals surface area (Å²) in [6, 6.07) is 6.35. The molecular weight excluding hydrogens is 224 g/mol. The number of carboxylic acids is 1. The van der Waals surface area contributed by atoms with Crippen molar-refractivity contribution in [2.24, 2.45) is 0 Å². The molecule has 0 aliphatic heterocycles. The molecule has 0 heterocycles. The molecule has 0 bridgehead atoms. The number of aliphatic hydroxyl groups excluding tert-OH is 1. The van der Waals surface area contributed by atoms with Crippen LogP contribution in [0.15, 0.2) is 28.7 Å². The van der Waals surface area contributed by atoms with Crippen LogP contribution in [0.4, 0.5) is 0 Å². The van der Waals surface area contributed by atoms with Crippen LogP contribution in [-0.2, 0) is 4.79 Å². The van der Waals surface area contributed by atoms with E-state index in [2.05, 4.69) is 15.9 Å². The SMILES string of the molecule is O=C([O-])[C@@H](O)c1ccc(Br)cc1. The summed E-state index contributed by atoms with van der Waals surface area (Å²) in [5, 5.41) is 19.2. The minimum absolute atomic E-state index is 0.318. The lowest BCUT2D eigenvalue weighted by Crippen LogP contribution is -2.29. The molecule has 0 aliphatic rings. The van der Waals surface area contributed by atoms with Gasteiger partial charge in [0.05, 0.1) is 5.97 Å². The van der Waals surface area contributed by atoms with Gasteiger partial charge in [-0.1, -0.05) is 28.1 Å². The molecule has 3 nitrogen and oxygen atoms in total. The van der Waals surface area contributed by atoms with Crippen molar-refractivity contribution in [3.05, 3.63) is 34.3 Å². The first-order valence-electron chi connectivity index (χ1n) is 3.25. The van der Waals surface area contributed by atoms with Crippen LogP contribution in [0, 0.1) is 0 Å². The van der Waals surface area contributed by atoms with Crippen molar-refractivity contribution in [2.45, 2.75) is 6.10 Å². The molecule has 1 atom stereocenters. The fourth-order valence-corrected chi connectivity index (χ4v) is 1.05. The number of benzene rings is 1. The Morgan fingerprint density at radius 1 is 1.42 bits per heavy atom. The Bertz CT molecular complexity index is 281. The first-order valence-corrected chi connectivity index (χ1v) is 4.05. The van der Waals surface area contributed by atoms with Crippen LogP contribution in [0.5, 0.6) is 0 Å². The van der Waals surface area contributed by atoms with Crippen molar-refractivity contribution >= 4 is 21.9 Å². The summed E-state index contributed by atoms with van der Waals surface area (Å²) < 4.78 is 0.830. The molecule has 1 aromatic rings. The Balaban J connectivity index is 2.89. The number of rotatable bonds is 2. The number of carbonyl (C=O) groups excluding carboxylic acids is 1. The van der Waals surface area contributed by atoms with Crippen molar-refractivity contribution in [3.8, 4) is 0 Å².